The van der Waals surface area contributed by atoms with Crippen molar-refractivity contribution in [1.82, 2.24) is 14.5 Å². The molecule has 0 fully saturated rings. The second-order valence-corrected chi connectivity index (χ2v) is 4.69. The van der Waals surface area contributed by atoms with Gasteiger partial charge in [-0.25, -0.2) is 9.97 Å². The van der Waals surface area contributed by atoms with Crippen molar-refractivity contribution < 1.29 is 4.79 Å². The number of anilines is 1. The molecule has 3 aromatic heterocycles. The van der Waals surface area contributed by atoms with Crippen LogP contribution in [0.3, 0.4) is 0 Å². The molecular weight excluding hydrogens is 280 g/mol. The van der Waals surface area contributed by atoms with E-state index in [0.717, 1.165) is 5.39 Å². The molecule has 0 bridgehead atoms. The Hall–Kier alpha value is -3.02. The summed E-state index contributed by atoms with van der Waals surface area (Å²) >= 11 is 0. The molecule has 22 heavy (non-hydrogen) atoms. The van der Waals surface area contributed by atoms with Crippen molar-refractivity contribution in [3.63, 3.8) is 0 Å². The van der Waals surface area contributed by atoms with E-state index in [1.54, 1.807) is 42.7 Å². The first-order chi connectivity index (χ1) is 10.7. The predicted molar refractivity (Wildman–Crippen MR) is 83.9 cm³/mol. The Morgan fingerprint density at radius 1 is 1.18 bits per heavy atom. The molecule has 0 spiro atoms. The number of hydrogen-bond donors (Lipinski definition) is 1. The zero-order valence-corrected chi connectivity index (χ0v) is 12.0. The van der Waals surface area contributed by atoms with E-state index in [4.69, 9.17) is 0 Å². The van der Waals surface area contributed by atoms with Gasteiger partial charge in [0.05, 0.1) is 0 Å². The summed E-state index contributed by atoms with van der Waals surface area (Å²) in [4.78, 5) is 33.1. The van der Waals surface area contributed by atoms with Gasteiger partial charge >= 0.3 is 0 Å². The Kier molecular flexibility index (Phi) is 3.65. The quantitative estimate of drug-likeness (QED) is 0.802. The number of fused-ring (bicyclic) bond motifs is 1. The molecule has 1 amide bonds. The van der Waals surface area contributed by atoms with Crippen molar-refractivity contribution in [2.75, 3.05) is 5.32 Å². The van der Waals surface area contributed by atoms with Gasteiger partial charge in [0, 0.05) is 24.3 Å². The maximum Gasteiger partial charge on any atom is 0.265 e. The molecule has 0 aliphatic carbocycles. The topological polar surface area (TPSA) is 76.9 Å². The first-order valence-corrected chi connectivity index (χ1v) is 6.91. The maximum atomic E-state index is 12.5. The molecule has 3 heterocycles. The van der Waals surface area contributed by atoms with E-state index in [1.807, 2.05) is 13.0 Å². The highest BCUT2D eigenvalue weighted by Crippen LogP contribution is 2.12. The van der Waals surface area contributed by atoms with Gasteiger partial charge in [-0.15, -0.1) is 0 Å². The summed E-state index contributed by atoms with van der Waals surface area (Å²) < 4.78 is 1.49. The summed E-state index contributed by atoms with van der Waals surface area (Å²) in [6.07, 6.45) is 3.20. The zero-order chi connectivity index (χ0) is 15.5. The smallest absolute Gasteiger partial charge is 0.265 e. The van der Waals surface area contributed by atoms with E-state index < -0.39 is 5.91 Å². The van der Waals surface area contributed by atoms with E-state index in [9.17, 15) is 9.59 Å². The van der Waals surface area contributed by atoms with Crippen LogP contribution in [0.2, 0.25) is 0 Å². The predicted octanol–water partition coefficient (Wildman–Crippen LogP) is 2.06. The highest BCUT2D eigenvalue weighted by atomic mass is 16.2. The summed E-state index contributed by atoms with van der Waals surface area (Å²) in [5, 5.41) is 3.38. The van der Waals surface area contributed by atoms with Crippen molar-refractivity contribution in [2.45, 2.75) is 13.5 Å². The van der Waals surface area contributed by atoms with Crippen LogP contribution < -0.4 is 10.9 Å². The fourth-order valence-electron chi connectivity index (χ4n) is 2.28. The molecule has 0 saturated carbocycles. The van der Waals surface area contributed by atoms with Crippen LogP contribution in [0, 0.1) is 0 Å². The molecule has 0 aromatic carbocycles. The minimum absolute atomic E-state index is 0.0769. The van der Waals surface area contributed by atoms with Crippen molar-refractivity contribution in [1.29, 1.82) is 0 Å². The molecular formula is C16H14N4O2. The van der Waals surface area contributed by atoms with Gasteiger partial charge in [0.15, 0.2) is 0 Å². The van der Waals surface area contributed by atoms with Gasteiger partial charge in [0.2, 0.25) is 0 Å². The summed E-state index contributed by atoms with van der Waals surface area (Å²) in [6.45, 7) is 2.28. The fourth-order valence-corrected chi connectivity index (χ4v) is 2.28. The summed E-state index contributed by atoms with van der Waals surface area (Å²) in [7, 11) is 0. The van der Waals surface area contributed by atoms with E-state index in [2.05, 4.69) is 15.3 Å². The van der Waals surface area contributed by atoms with E-state index in [-0.39, 0.29) is 11.1 Å². The molecule has 0 unspecified atom stereocenters. The molecule has 0 saturated heterocycles. The minimum atomic E-state index is -0.475. The number of carbonyl (C=O) groups excluding carboxylic acids is 1. The number of aromatic nitrogens is 3. The molecule has 0 aliphatic heterocycles. The third-order valence-corrected chi connectivity index (χ3v) is 3.32. The molecule has 3 rings (SSSR count). The molecule has 110 valence electrons. The Morgan fingerprint density at radius 2 is 2.00 bits per heavy atom. The lowest BCUT2D eigenvalue weighted by molar-refractivity contribution is 0.102. The van der Waals surface area contributed by atoms with Crippen LogP contribution in [-0.2, 0) is 6.54 Å². The van der Waals surface area contributed by atoms with Crippen molar-refractivity contribution in [3.8, 4) is 0 Å². The Morgan fingerprint density at radius 3 is 2.73 bits per heavy atom. The average molecular weight is 294 g/mol. The molecule has 6 heteroatoms. The zero-order valence-electron chi connectivity index (χ0n) is 12.0. The molecule has 0 aliphatic rings. The van der Waals surface area contributed by atoms with Gasteiger partial charge in [0.25, 0.3) is 11.5 Å². The number of nitrogens with zero attached hydrogens (tertiary/aromatic N) is 3. The molecule has 1 N–H and O–H groups in total. The number of hydrogen-bond acceptors (Lipinski definition) is 4. The lowest BCUT2D eigenvalue weighted by Gasteiger charge is -2.10. The van der Waals surface area contributed by atoms with Crippen molar-refractivity contribution in [2.24, 2.45) is 0 Å². The van der Waals surface area contributed by atoms with Crippen LogP contribution in [0.4, 0.5) is 5.82 Å². The maximum absolute atomic E-state index is 12.5. The molecule has 3 aromatic rings. The summed E-state index contributed by atoms with van der Waals surface area (Å²) in [5.74, 6) is -0.0714. The average Bonchev–Trinajstić information content (AvgIpc) is 2.55. The fraction of sp³-hybridized carbons (Fsp3) is 0.125. The Labute approximate surface area is 126 Å². The molecule has 6 nitrogen and oxygen atoms in total. The highest BCUT2D eigenvalue weighted by molar-refractivity contribution is 6.05. The van der Waals surface area contributed by atoms with Gasteiger partial charge in [0.1, 0.15) is 17.0 Å². The van der Waals surface area contributed by atoms with Gasteiger partial charge < -0.3 is 5.32 Å². The second kappa shape index (κ2) is 5.77. The molecule has 0 atom stereocenters. The largest absolute Gasteiger partial charge is 0.306 e. The second-order valence-electron chi connectivity index (χ2n) is 4.69. The lowest BCUT2D eigenvalue weighted by atomic mass is 10.2. The van der Waals surface area contributed by atoms with Gasteiger partial charge in [-0.05, 0) is 37.3 Å². The van der Waals surface area contributed by atoms with E-state index in [0.29, 0.717) is 18.0 Å². The van der Waals surface area contributed by atoms with Crippen molar-refractivity contribution >= 4 is 22.8 Å². The van der Waals surface area contributed by atoms with E-state index in [1.165, 1.54) is 4.57 Å². The van der Waals surface area contributed by atoms with Crippen molar-refractivity contribution in [3.05, 3.63) is 64.7 Å². The van der Waals surface area contributed by atoms with Crippen LogP contribution in [-0.4, -0.2) is 20.4 Å². The normalized spacial score (nSPS) is 10.6. The van der Waals surface area contributed by atoms with Gasteiger partial charge in [-0.1, -0.05) is 6.07 Å². The lowest BCUT2D eigenvalue weighted by Crippen LogP contribution is -2.29. The number of amides is 1. The Balaban J connectivity index is 2.09. The van der Waals surface area contributed by atoms with Crippen LogP contribution >= 0.6 is 0 Å². The number of carbonyl (C=O) groups is 1. The first kappa shape index (κ1) is 13.9. The number of rotatable bonds is 3. The van der Waals surface area contributed by atoms with Gasteiger partial charge in [-0.3, -0.25) is 14.2 Å². The number of aryl methyl sites for hydroxylation is 1. The van der Waals surface area contributed by atoms with E-state index >= 15 is 0 Å². The number of nitrogens with one attached hydrogen (secondary N) is 1. The van der Waals surface area contributed by atoms with Crippen LogP contribution in [0.5, 0.6) is 0 Å². The Bertz CT molecular complexity index is 888. The summed E-state index contributed by atoms with van der Waals surface area (Å²) in [5.41, 5.74) is 0.291. The van der Waals surface area contributed by atoms with Crippen LogP contribution in [0.1, 0.15) is 17.3 Å². The monoisotopic (exact) mass is 294 g/mol. The van der Waals surface area contributed by atoms with Crippen LogP contribution in [0.25, 0.3) is 11.0 Å². The molecule has 0 radical (unpaired) electrons. The first-order valence-electron chi connectivity index (χ1n) is 6.91. The minimum Gasteiger partial charge on any atom is -0.306 e. The number of pyridine rings is 3. The van der Waals surface area contributed by atoms with Gasteiger partial charge in [-0.2, -0.15) is 0 Å². The van der Waals surface area contributed by atoms with Crippen LogP contribution in [0.15, 0.2) is 53.6 Å². The third kappa shape index (κ3) is 2.46. The highest BCUT2D eigenvalue weighted by Gasteiger charge is 2.16. The standard InChI is InChI=1S/C16H14N4O2/c1-2-20-14-11(6-5-9-18-14)10-12(16(20)22)15(21)19-13-7-3-4-8-17-13/h3-10H,2H2,1H3,(H,17,19,21). The summed E-state index contributed by atoms with van der Waals surface area (Å²) in [6, 6.07) is 10.3. The SMILES string of the molecule is CCn1c(=O)c(C(=O)Nc2ccccn2)cc2cccnc21. The third-order valence-electron chi connectivity index (χ3n) is 3.32.